The molecular weight excluding hydrogens is 520 g/mol. The van der Waals surface area contributed by atoms with Crippen molar-refractivity contribution < 1.29 is 23.9 Å². The molecule has 0 saturated carbocycles. The summed E-state index contributed by atoms with van der Waals surface area (Å²) in [6.07, 6.45) is 6.01. The smallest absolute Gasteiger partial charge is 0.329 e. The fraction of sp³-hybridized carbons (Fsp3) is 0.812. The minimum absolute atomic E-state index is 0.0187. The standard InChI is InChI=1S/C32H56N4O5/c1-20(2)26(19-23(7)29(38)36-18-14-16-25(36)31(40)41-32(8,9)10)34(11)30(39)27(21(3)4)33-28(37)24-15-12-13-17-35(24)22(5)6/h19-22,24-27H,12-18H2,1-11H3,(H,33,37)/b23-19+/t24-,25?,26?,27?/m1/s1. The Hall–Kier alpha value is -2.42. The summed E-state index contributed by atoms with van der Waals surface area (Å²) in [5, 5.41) is 3.08. The number of piperidine rings is 1. The lowest BCUT2D eigenvalue weighted by Crippen LogP contribution is -2.58. The number of nitrogens with one attached hydrogen (secondary N) is 1. The fourth-order valence-corrected chi connectivity index (χ4v) is 5.91. The Morgan fingerprint density at radius 1 is 0.902 bits per heavy atom. The summed E-state index contributed by atoms with van der Waals surface area (Å²) in [5.74, 6) is -0.959. The number of nitrogens with zero attached hydrogens (tertiary/aromatic N) is 3. The van der Waals surface area contributed by atoms with Crippen LogP contribution in [-0.2, 0) is 23.9 Å². The van der Waals surface area contributed by atoms with Gasteiger partial charge in [0.05, 0.1) is 12.1 Å². The fourth-order valence-electron chi connectivity index (χ4n) is 5.91. The maximum Gasteiger partial charge on any atom is 0.329 e. The second-order valence-electron chi connectivity index (χ2n) is 13.8. The number of carbonyl (C=O) groups is 4. The van der Waals surface area contributed by atoms with Gasteiger partial charge in [0.1, 0.15) is 17.7 Å². The van der Waals surface area contributed by atoms with Crippen molar-refractivity contribution in [2.75, 3.05) is 20.1 Å². The van der Waals surface area contributed by atoms with Gasteiger partial charge in [0, 0.05) is 25.2 Å². The van der Waals surface area contributed by atoms with Crippen molar-refractivity contribution in [3.63, 3.8) is 0 Å². The highest BCUT2D eigenvalue weighted by Crippen LogP contribution is 2.25. The molecule has 0 aromatic carbocycles. The first-order valence-electron chi connectivity index (χ1n) is 15.5. The molecule has 3 amide bonds. The molecule has 2 aliphatic rings. The van der Waals surface area contributed by atoms with Gasteiger partial charge < -0.3 is 19.9 Å². The second-order valence-corrected chi connectivity index (χ2v) is 13.8. The summed E-state index contributed by atoms with van der Waals surface area (Å²) in [4.78, 5) is 59.1. The minimum Gasteiger partial charge on any atom is -0.458 e. The van der Waals surface area contributed by atoms with Crippen LogP contribution in [0.4, 0.5) is 0 Å². The molecule has 2 heterocycles. The molecular formula is C32H56N4O5. The van der Waals surface area contributed by atoms with Gasteiger partial charge in [0.25, 0.3) is 0 Å². The summed E-state index contributed by atoms with van der Waals surface area (Å²) < 4.78 is 5.57. The Bertz CT molecular complexity index is 968. The lowest BCUT2D eigenvalue weighted by Gasteiger charge is -2.39. The predicted octanol–water partition coefficient (Wildman–Crippen LogP) is 4.15. The molecule has 41 heavy (non-hydrogen) atoms. The third kappa shape index (κ3) is 9.29. The van der Waals surface area contributed by atoms with Crippen LogP contribution in [0, 0.1) is 11.8 Å². The number of hydrogen-bond donors (Lipinski definition) is 1. The van der Waals surface area contributed by atoms with Crippen LogP contribution in [-0.4, -0.2) is 94.3 Å². The summed E-state index contributed by atoms with van der Waals surface area (Å²) in [6, 6.07) is -1.63. The number of amides is 3. The van der Waals surface area contributed by atoms with Gasteiger partial charge in [-0.3, -0.25) is 19.3 Å². The van der Waals surface area contributed by atoms with Crippen molar-refractivity contribution in [2.45, 2.75) is 137 Å². The molecule has 0 aliphatic carbocycles. The molecule has 1 N–H and O–H groups in total. The van der Waals surface area contributed by atoms with E-state index < -0.39 is 17.7 Å². The predicted molar refractivity (Wildman–Crippen MR) is 162 cm³/mol. The normalized spacial score (nSPS) is 22.2. The van der Waals surface area contributed by atoms with Crippen LogP contribution in [0.25, 0.3) is 0 Å². The van der Waals surface area contributed by atoms with Crippen molar-refractivity contribution in [2.24, 2.45) is 11.8 Å². The first kappa shape index (κ1) is 34.8. The topological polar surface area (TPSA) is 99.3 Å². The van der Waals surface area contributed by atoms with E-state index in [2.05, 4.69) is 24.1 Å². The van der Waals surface area contributed by atoms with Gasteiger partial charge in [0.15, 0.2) is 0 Å². The number of rotatable bonds is 10. The monoisotopic (exact) mass is 576 g/mol. The molecule has 9 nitrogen and oxygen atoms in total. The average Bonchev–Trinajstić information content (AvgIpc) is 3.37. The number of ether oxygens (including phenoxy) is 1. The highest BCUT2D eigenvalue weighted by atomic mass is 16.6. The Morgan fingerprint density at radius 3 is 2.05 bits per heavy atom. The molecule has 234 valence electrons. The maximum atomic E-state index is 13.9. The summed E-state index contributed by atoms with van der Waals surface area (Å²) >= 11 is 0. The second kappa shape index (κ2) is 14.7. The molecule has 9 heteroatoms. The van der Waals surface area contributed by atoms with E-state index in [1.54, 1.807) is 23.8 Å². The first-order chi connectivity index (χ1) is 19.0. The molecule has 4 atom stereocenters. The molecule has 2 rings (SSSR count). The average molecular weight is 577 g/mol. The molecule has 3 unspecified atom stereocenters. The molecule has 0 radical (unpaired) electrons. The van der Waals surface area contributed by atoms with Crippen LogP contribution >= 0.6 is 0 Å². The van der Waals surface area contributed by atoms with Crippen LogP contribution in [0.3, 0.4) is 0 Å². The van der Waals surface area contributed by atoms with E-state index in [9.17, 15) is 19.2 Å². The zero-order chi connectivity index (χ0) is 31.2. The van der Waals surface area contributed by atoms with Crippen molar-refractivity contribution in [3.8, 4) is 0 Å². The van der Waals surface area contributed by atoms with E-state index in [4.69, 9.17) is 4.74 Å². The van der Waals surface area contributed by atoms with Crippen molar-refractivity contribution in [1.82, 2.24) is 20.0 Å². The molecule has 0 aromatic heterocycles. The summed E-state index contributed by atoms with van der Waals surface area (Å²) in [6.45, 7) is 20.7. The molecule has 2 saturated heterocycles. The number of likely N-dealkylation sites (tertiary alicyclic amines) is 2. The minimum atomic E-state index is -0.677. The Kier molecular flexibility index (Phi) is 12.4. The van der Waals surface area contributed by atoms with Crippen LogP contribution < -0.4 is 5.32 Å². The van der Waals surface area contributed by atoms with Gasteiger partial charge in [-0.25, -0.2) is 4.79 Å². The SMILES string of the molecule is C/C(=C\C(C(C)C)N(C)C(=O)C(NC(=O)[C@H]1CCCCN1C(C)C)C(C)C)C(=O)N1CCCC1C(=O)OC(C)(C)C. The summed E-state index contributed by atoms with van der Waals surface area (Å²) in [5.41, 5.74) is -0.143. The van der Waals surface area contributed by atoms with Gasteiger partial charge in [-0.1, -0.05) is 40.2 Å². The molecule has 2 aliphatic heterocycles. The molecule has 2 fully saturated rings. The number of hydrogen-bond acceptors (Lipinski definition) is 6. The van der Waals surface area contributed by atoms with Crippen LogP contribution in [0.5, 0.6) is 0 Å². The van der Waals surface area contributed by atoms with E-state index in [-0.39, 0.29) is 53.7 Å². The van der Waals surface area contributed by atoms with E-state index in [1.807, 2.05) is 54.5 Å². The molecule has 0 spiro atoms. The number of carbonyl (C=O) groups excluding carboxylic acids is 4. The first-order valence-corrected chi connectivity index (χ1v) is 15.5. The lowest BCUT2D eigenvalue weighted by atomic mass is 9.95. The van der Waals surface area contributed by atoms with E-state index in [0.29, 0.717) is 18.5 Å². The maximum absolute atomic E-state index is 13.9. The largest absolute Gasteiger partial charge is 0.458 e. The number of esters is 1. The van der Waals surface area contributed by atoms with Gasteiger partial charge >= 0.3 is 5.97 Å². The van der Waals surface area contributed by atoms with Crippen molar-refractivity contribution in [1.29, 1.82) is 0 Å². The third-order valence-electron chi connectivity index (χ3n) is 8.17. The highest BCUT2D eigenvalue weighted by Gasteiger charge is 2.39. The zero-order valence-electron chi connectivity index (χ0n) is 27.5. The Balaban J connectivity index is 2.22. The third-order valence-corrected chi connectivity index (χ3v) is 8.17. The van der Waals surface area contributed by atoms with Crippen LogP contribution in [0.1, 0.15) is 101 Å². The summed E-state index contributed by atoms with van der Waals surface area (Å²) in [7, 11) is 1.74. The van der Waals surface area contributed by atoms with E-state index >= 15 is 0 Å². The zero-order valence-corrected chi connectivity index (χ0v) is 27.5. The van der Waals surface area contributed by atoms with Crippen molar-refractivity contribution in [3.05, 3.63) is 11.6 Å². The molecule has 0 bridgehead atoms. The molecule has 0 aromatic rings. The van der Waals surface area contributed by atoms with E-state index in [1.165, 1.54) is 0 Å². The van der Waals surface area contributed by atoms with Gasteiger partial charge in [-0.15, -0.1) is 0 Å². The Morgan fingerprint density at radius 2 is 1.51 bits per heavy atom. The van der Waals surface area contributed by atoms with Gasteiger partial charge in [-0.05, 0) is 85.6 Å². The van der Waals surface area contributed by atoms with Crippen LogP contribution in [0.15, 0.2) is 11.6 Å². The van der Waals surface area contributed by atoms with Gasteiger partial charge in [-0.2, -0.15) is 0 Å². The number of likely N-dealkylation sites (N-methyl/N-ethyl adjacent to an activating group) is 1. The van der Waals surface area contributed by atoms with Crippen LogP contribution in [0.2, 0.25) is 0 Å². The van der Waals surface area contributed by atoms with E-state index in [0.717, 1.165) is 32.2 Å². The van der Waals surface area contributed by atoms with Gasteiger partial charge in [0.2, 0.25) is 17.7 Å². The van der Waals surface area contributed by atoms with Crippen molar-refractivity contribution >= 4 is 23.7 Å². The lowest BCUT2D eigenvalue weighted by molar-refractivity contribution is -0.162. The highest BCUT2D eigenvalue weighted by molar-refractivity contribution is 5.96. The Labute approximate surface area is 248 Å². The quantitative estimate of drug-likeness (QED) is 0.310.